The fourth-order valence-corrected chi connectivity index (χ4v) is 5.18. The number of nitrogens with one attached hydrogen (secondary N) is 1. The maximum atomic E-state index is 12.9. The quantitative estimate of drug-likeness (QED) is 0.539. The number of rotatable bonds is 6. The lowest BCUT2D eigenvalue weighted by Gasteiger charge is -2.20. The SMILES string of the molecule is Cc1ccc(CNC(=O)c2oc3ccccc3c2CSC2CCCCC2)cc1. The lowest BCUT2D eigenvalue weighted by Crippen LogP contribution is -2.23. The predicted octanol–water partition coefficient (Wildman–Crippen LogP) is 6.24. The van der Waals surface area contributed by atoms with Crippen LogP contribution in [0.5, 0.6) is 0 Å². The maximum Gasteiger partial charge on any atom is 0.287 e. The fraction of sp³-hybridized carbons (Fsp3) is 0.375. The number of aryl methyl sites for hydroxylation is 1. The molecule has 0 atom stereocenters. The number of benzene rings is 2. The van der Waals surface area contributed by atoms with Gasteiger partial charge in [-0.05, 0) is 31.4 Å². The first kappa shape index (κ1) is 19.1. The third-order valence-electron chi connectivity index (χ3n) is 5.49. The number of hydrogen-bond donors (Lipinski definition) is 1. The van der Waals surface area contributed by atoms with Gasteiger partial charge in [-0.3, -0.25) is 4.79 Å². The fourth-order valence-electron chi connectivity index (χ4n) is 3.83. The number of carbonyl (C=O) groups is 1. The Morgan fingerprint density at radius 1 is 1.07 bits per heavy atom. The third kappa shape index (κ3) is 4.44. The monoisotopic (exact) mass is 393 g/mol. The minimum Gasteiger partial charge on any atom is -0.451 e. The molecule has 0 bridgehead atoms. The molecule has 1 saturated carbocycles. The summed E-state index contributed by atoms with van der Waals surface area (Å²) < 4.78 is 5.98. The van der Waals surface area contributed by atoms with Crippen LogP contribution in [0.1, 0.15) is 59.3 Å². The van der Waals surface area contributed by atoms with Crippen molar-refractivity contribution in [3.8, 4) is 0 Å². The molecule has 28 heavy (non-hydrogen) atoms. The Morgan fingerprint density at radius 2 is 1.82 bits per heavy atom. The van der Waals surface area contributed by atoms with Gasteiger partial charge in [-0.2, -0.15) is 11.8 Å². The van der Waals surface area contributed by atoms with Crippen molar-refractivity contribution in [2.75, 3.05) is 0 Å². The van der Waals surface area contributed by atoms with Crippen molar-refractivity contribution in [2.45, 2.75) is 56.6 Å². The van der Waals surface area contributed by atoms with Crippen molar-refractivity contribution in [1.82, 2.24) is 5.32 Å². The Morgan fingerprint density at radius 3 is 2.61 bits per heavy atom. The highest BCUT2D eigenvalue weighted by atomic mass is 32.2. The third-order valence-corrected chi connectivity index (χ3v) is 6.89. The van der Waals surface area contributed by atoms with Gasteiger partial charge in [-0.15, -0.1) is 0 Å². The molecule has 3 aromatic rings. The summed E-state index contributed by atoms with van der Waals surface area (Å²) in [7, 11) is 0. The van der Waals surface area contributed by atoms with Gasteiger partial charge in [0.1, 0.15) is 5.58 Å². The second-order valence-corrected chi connectivity index (χ2v) is 8.93. The number of carbonyl (C=O) groups excluding carboxylic acids is 1. The standard InChI is InChI=1S/C24H27NO2S/c1-17-11-13-18(14-12-17)15-25-24(26)23-21(16-28-19-7-3-2-4-8-19)20-9-5-6-10-22(20)27-23/h5-6,9-14,19H,2-4,7-8,15-16H2,1H3,(H,25,26). The van der Waals surface area contributed by atoms with E-state index in [1.165, 1.54) is 37.7 Å². The van der Waals surface area contributed by atoms with Gasteiger partial charge >= 0.3 is 0 Å². The van der Waals surface area contributed by atoms with Crippen molar-refractivity contribution in [3.05, 3.63) is 71.0 Å². The highest BCUT2D eigenvalue weighted by Gasteiger charge is 2.22. The summed E-state index contributed by atoms with van der Waals surface area (Å²) in [4.78, 5) is 12.9. The number of thioether (sulfide) groups is 1. The van der Waals surface area contributed by atoms with Crippen molar-refractivity contribution in [3.63, 3.8) is 0 Å². The van der Waals surface area contributed by atoms with Crippen molar-refractivity contribution in [1.29, 1.82) is 0 Å². The Hall–Kier alpha value is -2.20. The number of fused-ring (bicyclic) bond motifs is 1. The Bertz CT molecular complexity index is 939. The van der Waals surface area contributed by atoms with E-state index in [9.17, 15) is 4.79 Å². The Balaban J connectivity index is 1.51. The molecule has 0 radical (unpaired) electrons. The molecule has 1 aromatic heterocycles. The van der Waals surface area contributed by atoms with Crippen LogP contribution in [0, 0.1) is 6.92 Å². The van der Waals surface area contributed by atoms with Crippen LogP contribution in [0.4, 0.5) is 0 Å². The van der Waals surface area contributed by atoms with Crippen LogP contribution in [0.3, 0.4) is 0 Å². The summed E-state index contributed by atoms with van der Waals surface area (Å²) in [6, 6.07) is 16.2. The molecular weight excluding hydrogens is 366 g/mol. The molecule has 0 saturated heterocycles. The minimum atomic E-state index is -0.129. The molecule has 0 aliphatic heterocycles. The molecule has 0 spiro atoms. The number of furan rings is 1. The lowest BCUT2D eigenvalue weighted by molar-refractivity contribution is 0.0924. The zero-order chi connectivity index (χ0) is 19.3. The molecule has 146 valence electrons. The number of hydrogen-bond acceptors (Lipinski definition) is 3. The first-order valence-corrected chi connectivity index (χ1v) is 11.2. The first-order valence-electron chi connectivity index (χ1n) is 10.2. The molecule has 2 aromatic carbocycles. The molecule has 1 N–H and O–H groups in total. The molecule has 1 fully saturated rings. The van der Waals surface area contributed by atoms with E-state index in [0.29, 0.717) is 17.6 Å². The molecule has 4 heteroatoms. The van der Waals surface area contributed by atoms with Crippen LogP contribution in [-0.4, -0.2) is 11.2 Å². The van der Waals surface area contributed by atoms with Gasteiger partial charge < -0.3 is 9.73 Å². The summed E-state index contributed by atoms with van der Waals surface area (Å²) in [5, 5.41) is 4.79. The Kier molecular flexibility index (Phi) is 6.06. The van der Waals surface area contributed by atoms with Crippen LogP contribution in [0.25, 0.3) is 11.0 Å². The average Bonchev–Trinajstić information content (AvgIpc) is 3.11. The second-order valence-electron chi connectivity index (χ2n) is 7.65. The van der Waals surface area contributed by atoms with Gasteiger partial charge in [0.2, 0.25) is 0 Å². The minimum absolute atomic E-state index is 0.129. The van der Waals surface area contributed by atoms with Gasteiger partial charge in [0.05, 0.1) is 0 Å². The van der Waals surface area contributed by atoms with E-state index in [4.69, 9.17) is 4.42 Å². The summed E-state index contributed by atoms with van der Waals surface area (Å²) >= 11 is 1.98. The lowest BCUT2D eigenvalue weighted by atomic mass is 10.0. The van der Waals surface area contributed by atoms with E-state index >= 15 is 0 Å². The van der Waals surface area contributed by atoms with E-state index in [2.05, 4.69) is 30.4 Å². The normalized spacial score (nSPS) is 15.0. The van der Waals surface area contributed by atoms with Gasteiger partial charge in [0, 0.05) is 28.5 Å². The zero-order valence-electron chi connectivity index (χ0n) is 16.4. The maximum absolute atomic E-state index is 12.9. The molecule has 3 nitrogen and oxygen atoms in total. The van der Waals surface area contributed by atoms with Crippen LogP contribution < -0.4 is 5.32 Å². The highest BCUT2D eigenvalue weighted by molar-refractivity contribution is 7.99. The first-order chi connectivity index (χ1) is 13.7. The van der Waals surface area contributed by atoms with E-state index < -0.39 is 0 Å². The van der Waals surface area contributed by atoms with Crippen molar-refractivity contribution < 1.29 is 9.21 Å². The van der Waals surface area contributed by atoms with E-state index in [0.717, 1.165) is 27.8 Å². The molecular formula is C24H27NO2S. The van der Waals surface area contributed by atoms with Crippen LogP contribution >= 0.6 is 11.8 Å². The van der Waals surface area contributed by atoms with Gasteiger partial charge in [0.25, 0.3) is 5.91 Å². The van der Waals surface area contributed by atoms with E-state index in [1.54, 1.807) is 0 Å². The molecule has 1 aliphatic rings. The van der Waals surface area contributed by atoms with Gasteiger partial charge in [-0.1, -0.05) is 67.3 Å². The second kappa shape index (κ2) is 8.87. The molecule has 1 heterocycles. The van der Waals surface area contributed by atoms with Gasteiger partial charge in [-0.25, -0.2) is 0 Å². The molecule has 1 aliphatic carbocycles. The zero-order valence-corrected chi connectivity index (χ0v) is 17.2. The topological polar surface area (TPSA) is 42.2 Å². The van der Waals surface area contributed by atoms with E-state index in [-0.39, 0.29) is 5.91 Å². The average molecular weight is 394 g/mol. The number of amides is 1. The van der Waals surface area contributed by atoms with Crippen LogP contribution in [0.15, 0.2) is 52.9 Å². The molecule has 4 rings (SSSR count). The highest BCUT2D eigenvalue weighted by Crippen LogP contribution is 2.35. The van der Waals surface area contributed by atoms with Crippen molar-refractivity contribution >= 4 is 28.6 Å². The molecule has 1 amide bonds. The van der Waals surface area contributed by atoms with Gasteiger partial charge in [0.15, 0.2) is 5.76 Å². The van der Waals surface area contributed by atoms with Crippen LogP contribution in [0.2, 0.25) is 0 Å². The molecule has 0 unspecified atom stereocenters. The predicted molar refractivity (Wildman–Crippen MR) is 117 cm³/mol. The van der Waals surface area contributed by atoms with Crippen molar-refractivity contribution in [2.24, 2.45) is 0 Å². The summed E-state index contributed by atoms with van der Waals surface area (Å²) in [6.45, 7) is 2.57. The summed E-state index contributed by atoms with van der Waals surface area (Å²) in [5.41, 5.74) is 4.14. The summed E-state index contributed by atoms with van der Waals surface area (Å²) in [6.07, 6.45) is 6.59. The summed E-state index contributed by atoms with van der Waals surface area (Å²) in [5.74, 6) is 1.17. The largest absolute Gasteiger partial charge is 0.451 e. The smallest absolute Gasteiger partial charge is 0.287 e. The van der Waals surface area contributed by atoms with E-state index in [1.807, 2.05) is 42.1 Å². The Labute approximate surface area is 170 Å². The van der Waals surface area contributed by atoms with Crippen LogP contribution in [-0.2, 0) is 12.3 Å². The number of para-hydroxylation sites is 1.